The van der Waals surface area contributed by atoms with Crippen molar-refractivity contribution >= 4 is 28.6 Å². The number of hydrogen-bond acceptors (Lipinski definition) is 3. The molecule has 31 heavy (non-hydrogen) atoms. The number of aliphatic carboxylic acids is 1. The van der Waals surface area contributed by atoms with E-state index >= 15 is 0 Å². The van der Waals surface area contributed by atoms with Crippen LogP contribution in [0.15, 0.2) is 41.3 Å². The van der Waals surface area contributed by atoms with Crippen LogP contribution >= 0.6 is 11.8 Å². The summed E-state index contributed by atoms with van der Waals surface area (Å²) < 4.78 is 71.5. The number of alkyl halides is 4. The van der Waals surface area contributed by atoms with Gasteiger partial charge in [0.05, 0.1) is 19.0 Å². The third-order valence-corrected chi connectivity index (χ3v) is 5.84. The molecule has 1 N–H and O–H groups in total. The van der Waals surface area contributed by atoms with Crippen LogP contribution in [0.3, 0.4) is 0 Å². The third-order valence-electron chi connectivity index (χ3n) is 4.82. The molecule has 0 spiro atoms. The molecule has 3 aromatic rings. The molecule has 166 valence electrons. The number of ether oxygens (including phenoxy) is 1. The zero-order chi connectivity index (χ0) is 22.9. The number of thioether (sulfide) groups is 1. The summed E-state index contributed by atoms with van der Waals surface area (Å²) >= 11 is 0.0610. The number of methoxy groups -OCH3 is 1. The minimum absolute atomic E-state index is 0.0110. The number of rotatable bonds is 7. The highest BCUT2D eigenvalue weighted by Crippen LogP contribution is 2.36. The van der Waals surface area contributed by atoms with Crippen molar-refractivity contribution in [3.8, 4) is 5.75 Å². The van der Waals surface area contributed by atoms with Crippen molar-refractivity contribution in [1.82, 2.24) is 4.57 Å². The largest absolute Gasteiger partial charge is 0.494 e. The van der Waals surface area contributed by atoms with Crippen LogP contribution in [0.4, 0.5) is 22.0 Å². The van der Waals surface area contributed by atoms with E-state index in [-0.39, 0.29) is 35.4 Å². The summed E-state index contributed by atoms with van der Waals surface area (Å²) in [6.45, 7) is 1.93. The van der Waals surface area contributed by atoms with Gasteiger partial charge in [-0.05, 0) is 36.2 Å². The second-order valence-electron chi connectivity index (χ2n) is 6.84. The molecule has 0 aliphatic rings. The first kappa shape index (κ1) is 22.9. The van der Waals surface area contributed by atoms with Crippen LogP contribution in [-0.4, -0.2) is 34.4 Å². The topological polar surface area (TPSA) is 51.5 Å². The quantitative estimate of drug-likeness (QED) is 0.363. The van der Waals surface area contributed by atoms with Gasteiger partial charge in [0.2, 0.25) is 5.50 Å². The number of aromatic nitrogens is 1. The Balaban J connectivity index is 1.96. The molecular formula is C21H18F5NO3S. The minimum Gasteiger partial charge on any atom is -0.494 e. The molecule has 0 aliphatic heterocycles. The van der Waals surface area contributed by atoms with Crippen LogP contribution in [0.1, 0.15) is 16.8 Å². The Morgan fingerprint density at radius 3 is 2.42 bits per heavy atom. The molecular weight excluding hydrogens is 441 g/mol. The molecule has 0 fully saturated rings. The fourth-order valence-electron chi connectivity index (χ4n) is 3.32. The van der Waals surface area contributed by atoms with E-state index in [1.165, 1.54) is 31.4 Å². The van der Waals surface area contributed by atoms with Crippen molar-refractivity contribution < 1.29 is 36.6 Å². The van der Waals surface area contributed by atoms with Gasteiger partial charge in [-0.25, -0.2) is 8.78 Å². The van der Waals surface area contributed by atoms with Crippen molar-refractivity contribution in [1.29, 1.82) is 0 Å². The molecule has 1 heterocycles. The molecule has 3 rings (SSSR count). The molecule has 10 heteroatoms. The van der Waals surface area contributed by atoms with Crippen LogP contribution in [0.5, 0.6) is 5.75 Å². The lowest BCUT2D eigenvalue weighted by Gasteiger charge is -2.13. The first-order valence-electron chi connectivity index (χ1n) is 9.04. The average molecular weight is 459 g/mol. The summed E-state index contributed by atoms with van der Waals surface area (Å²) in [7, 11) is 1.31. The second-order valence-corrected chi connectivity index (χ2v) is 7.96. The Hall–Kier alpha value is -2.75. The number of carbonyl (C=O) groups is 1. The van der Waals surface area contributed by atoms with Gasteiger partial charge in [0.25, 0.3) is 0 Å². The van der Waals surface area contributed by atoms with Gasteiger partial charge in [-0.2, -0.15) is 13.2 Å². The summed E-state index contributed by atoms with van der Waals surface area (Å²) in [5.74, 6) is -1.66. The van der Waals surface area contributed by atoms with Crippen molar-refractivity contribution in [2.24, 2.45) is 0 Å². The van der Waals surface area contributed by atoms with Gasteiger partial charge >= 0.3 is 12.1 Å². The molecule has 0 saturated carbocycles. The molecule has 0 bridgehead atoms. The number of carboxylic acids is 1. The zero-order valence-corrected chi connectivity index (χ0v) is 17.3. The Bertz CT molecular complexity index is 1110. The van der Waals surface area contributed by atoms with Crippen molar-refractivity contribution in [2.75, 3.05) is 7.11 Å². The maximum absolute atomic E-state index is 14.3. The van der Waals surface area contributed by atoms with Gasteiger partial charge < -0.3 is 14.4 Å². The van der Waals surface area contributed by atoms with Crippen molar-refractivity contribution in [3.05, 3.63) is 59.0 Å². The molecule has 2 aromatic carbocycles. The van der Waals surface area contributed by atoms with Crippen LogP contribution in [0.2, 0.25) is 0 Å². The standard InChI is InChI=1S/C21H18F5NO3S/c1-11-14(8-19(28)29)15-7-18(30-2)16(22)9-17(15)27(11)10-12-3-5-13(6-4-12)31-20(23)21(24,25)26/h3-7,9,20H,8,10H2,1-2H3,(H,28,29). The SMILES string of the molecule is COc1cc2c(CC(=O)O)c(C)n(Cc3ccc(SC(F)C(F)(F)F)cc3)c2cc1F. The normalized spacial score (nSPS) is 12.9. The van der Waals surface area contributed by atoms with E-state index in [4.69, 9.17) is 4.74 Å². The third kappa shape index (κ3) is 4.95. The second kappa shape index (κ2) is 8.78. The number of carboxylic acid groups (broad SMARTS) is 1. The number of benzene rings is 2. The first-order chi connectivity index (χ1) is 14.5. The summed E-state index contributed by atoms with van der Waals surface area (Å²) in [5.41, 5.74) is -0.760. The van der Waals surface area contributed by atoms with Crippen molar-refractivity contribution in [3.63, 3.8) is 0 Å². The molecule has 4 nitrogen and oxygen atoms in total. The van der Waals surface area contributed by atoms with Gasteiger partial charge in [-0.15, -0.1) is 0 Å². The Labute approximate surface area is 178 Å². The zero-order valence-electron chi connectivity index (χ0n) is 16.5. The Morgan fingerprint density at radius 1 is 1.23 bits per heavy atom. The van der Waals surface area contributed by atoms with Gasteiger partial charge in [0.15, 0.2) is 11.6 Å². The summed E-state index contributed by atoms with van der Waals surface area (Å²) in [6.07, 6.45) is -5.22. The molecule has 0 aliphatic carbocycles. The number of fused-ring (bicyclic) bond motifs is 1. The lowest BCUT2D eigenvalue weighted by Crippen LogP contribution is -2.20. The molecule has 0 saturated heterocycles. The highest BCUT2D eigenvalue weighted by atomic mass is 32.2. The first-order valence-corrected chi connectivity index (χ1v) is 9.92. The van der Waals surface area contributed by atoms with Crippen LogP contribution in [-0.2, 0) is 17.8 Å². The number of halogens is 5. The lowest BCUT2D eigenvalue weighted by molar-refractivity contribution is -0.154. The molecule has 1 atom stereocenters. The van der Waals surface area contributed by atoms with E-state index in [1.54, 1.807) is 23.6 Å². The monoisotopic (exact) mass is 459 g/mol. The minimum atomic E-state index is -4.95. The Morgan fingerprint density at radius 2 is 1.87 bits per heavy atom. The van der Waals surface area contributed by atoms with E-state index in [0.717, 1.165) is 0 Å². The van der Waals surface area contributed by atoms with Crippen LogP contribution in [0, 0.1) is 12.7 Å². The molecule has 1 unspecified atom stereocenters. The highest BCUT2D eigenvalue weighted by Gasteiger charge is 2.40. The maximum atomic E-state index is 14.3. The maximum Gasteiger partial charge on any atom is 0.429 e. The predicted octanol–water partition coefficient (Wildman–Crippen LogP) is 5.72. The van der Waals surface area contributed by atoms with Crippen molar-refractivity contribution in [2.45, 2.75) is 36.5 Å². The molecule has 0 amide bonds. The van der Waals surface area contributed by atoms with E-state index < -0.39 is 23.5 Å². The van der Waals surface area contributed by atoms with E-state index in [0.29, 0.717) is 27.7 Å². The smallest absolute Gasteiger partial charge is 0.429 e. The lowest BCUT2D eigenvalue weighted by atomic mass is 10.1. The number of hydrogen-bond donors (Lipinski definition) is 1. The number of nitrogens with zero attached hydrogens (tertiary/aromatic N) is 1. The summed E-state index contributed by atoms with van der Waals surface area (Å²) in [5, 5.41) is 9.80. The van der Waals surface area contributed by atoms with Crippen LogP contribution in [0.25, 0.3) is 10.9 Å². The van der Waals surface area contributed by atoms with Gasteiger partial charge in [0, 0.05) is 28.6 Å². The van der Waals surface area contributed by atoms with Gasteiger partial charge in [-0.3, -0.25) is 4.79 Å². The molecule has 1 aromatic heterocycles. The predicted molar refractivity (Wildman–Crippen MR) is 107 cm³/mol. The Kier molecular flexibility index (Phi) is 6.49. The van der Waals surface area contributed by atoms with E-state index in [1.807, 2.05) is 0 Å². The van der Waals surface area contributed by atoms with Gasteiger partial charge in [0.1, 0.15) is 0 Å². The fraction of sp³-hybridized carbons (Fsp3) is 0.286. The van der Waals surface area contributed by atoms with E-state index in [2.05, 4.69) is 0 Å². The highest BCUT2D eigenvalue weighted by molar-refractivity contribution is 7.99. The summed E-state index contributed by atoms with van der Waals surface area (Å²) in [6, 6.07) is 8.56. The van der Waals surface area contributed by atoms with Crippen LogP contribution < -0.4 is 4.74 Å². The fourth-order valence-corrected chi connectivity index (χ4v) is 3.99. The van der Waals surface area contributed by atoms with Gasteiger partial charge in [-0.1, -0.05) is 23.9 Å². The average Bonchev–Trinajstić information content (AvgIpc) is 2.92. The molecule has 0 radical (unpaired) electrons. The summed E-state index contributed by atoms with van der Waals surface area (Å²) in [4.78, 5) is 11.4. The van der Waals surface area contributed by atoms with E-state index in [9.17, 15) is 31.9 Å².